The average molecular weight is 198 g/mol. The Kier molecular flexibility index (Phi) is 4.11. The number of hydrogen-bond donors (Lipinski definition) is 0. The van der Waals surface area contributed by atoms with Crippen molar-refractivity contribution < 1.29 is 9.53 Å². The number of carbonyl (C=O) groups is 1. The lowest BCUT2D eigenvalue weighted by Crippen LogP contribution is -2.26. The van der Waals surface area contributed by atoms with Crippen LogP contribution >= 0.6 is 0 Å². The number of carbonyl (C=O) groups excluding carboxylic acids is 1. The standard InChI is InChI=1S/C12H22O2/c1-12(2,14-3)9-8-10-6-4-5-7-11(10)13/h10H,4-9H2,1-3H3. The Morgan fingerprint density at radius 3 is 2.71 bits per heavy atom. The molecular weight excluding hydrogens is 176 g/mol. The molecule has 2 nitrogen and oxygen atoms in total. The minimum absolute atomic E-state index is 0.0717. The first-order chi connectivity index (χ1) is 6.55. The van der Waals surface area contributed by atoms with E-state index in [4.69, 9.17) is 4.74 Å². The van der Waals surface area contributed by atoms with Gasteiger partial charge in [0, 0.05) is 19.4 Å². The Hall–Kier alpha value is -0.370. The van der Waals surface area contributed by atoms with E-state index in [2.05, 4.69) is 13.8 Å². The highest BCUT2D eigenvalue weighted by molar-refractivity contribution is 5.81. The smallest absolute Gasteiger partial charge is 0.135 e. The largest absolute Gasteiger partial charge is 0.379 e. The summed E-state index contributed by atoms with van der Waals surface area (Å²) in [6.45, 7) is 4.17. The van der Waals surface area contributed by atoms with E-state index >= 15 is 0 Å². The first-order valence-corrected chi connectivity index (χ1v) is 5.63. The van der Waals surface area contributed by atoms with Gasteiger partial charge in [0.25, 0.3) is 0 Å². The molecule has 1 saturated carbocycles. The first kappa shape index (κ1) is 11.7. The summed E-state index contributed by atoms with van der Waals surface area (Å²) >= 11 is 0. The fourth-order valence-electron chi connectivity index (χ4n) is 1.98. The third-order valence-corrected chi connectivity index (χ3v) is 3.33. The summed E-state index contributed by atoms with van der Waals surface area (Å²) in [7, 11) is 1.74. The molecule has 2 heteroatoms. The van der Waals surface area contributed by atoms with Crippen LogP contribution in [0.4, 0.5) is 0 Å². The predicted octanol–water partition coefficient (Wildman–Crippen LogP) is 2.95. The summed E-state index contributed by atoms with van der Waals surface area (Å²) in [5.74, 6) is 0.793. The molecule has 1 atom stereocenters. The van der Waals surface area contributed by atoms with Gasteiger partial charge in [-0.2, -0.15) is 0 Å². The number of ketones is 1. The second-order valence-corrected chi connectivity index (χ2v) is 4.91. The zero-order chi connectivity index (χ0) is 10.6. The van der Waals surface area contributed by atoms with Crippen LogP contribution < -0.4 is 0 Å². The topological polar surface area (TPSA) is 26.3 Å². The van der Waals surface area contributed by atoms with E-state index in [1.807, 2.05) is 0 Å². The minimum atomic E-state index is -0.0717. The van der Waals surface area contributed by atoms with Crippen molar-refractivity contribution in [3.05, 3.63) is 0 Å². The first-order valence-electron chi connectivity index (χ1n) is 5.63. The maximum absolute atomic E-state index is 11.6. The predicted molar refractivity (Wildman–Crippen MR) is 57.3 cm³/mol. The van der Waals surface area contributed by atoms with Crippen LogP contribution in [0, 0.1) is 5.92 Å². The van der Waals surface area contributed by atoms with Crippen molar-refractivity contribution in [1.29, 1.82) is 0 Å². The zero-order valence-corrected chi connectivity index (χ0v) is 9.64. The number of methoxy groups -OCH3 is 1. The second kappa shape index (κ2) is 4.92. The van der Waals surface area contributed by atoms with Gasteiger partial charge in [-0.05, 0) is 39.5 Å². The van der Waals surface area contributed by atoms with Gasteiger partial charge < -0.3 is 4.74 Å². The molecule has 1 aliphatic carbocycles. The number of Topliss-reactive ketones (excluding diaryl/α,β-unsaturated/α-hetero) is 1. The maximum atomic E-state index is 11.6. The quantitative estimate of drug-likeness (QED) is 0.694. The normalized spacial score (nSPS) is 23.9. The molecule has 0 radical (unpaired) electrons. The molecule has 0 aromatic heterocycles. The van der Waals surface area contributed by atoms with Crippen molar-refractivity contribution in [3.63, 3.8) is 0 Å². The van der Waals surface area contributed by atoms with Crippen molar-refractivity contribution in [2.24, 2.45) is 5.92 Å². The summed E-state index contributed by atoms with van der Waals surface area (Å²) in [4.78, 5) is 11.6. The summed E-state index contributed by atoms with van der Waals surface area (Å²) in [5, 5.41) is 0. The average Bonchev–Trinajstić information content (AvgIpc) is 2.17. The lowest BCUT2D eigenvalue weighted by Gasteiger charge is -2.27. The monoisotopic (exact) mass is 198 g/mol. The van der Waals surface area contributed by atoms with Gasteiger partial charge in [0.2, 0.25) is 0 Å². The van der Waals surface area contributed by atoms with Gasteiger partial charge in [0.1, 0.15) is 5.78 Å². The third kappa shape index (κ3) is 3.41. The van der Waals surface area contributed by atoms with Crippen molar-refractivity contribution in [3.8, 4) is 0 Å². The minimum Gasteiger partial charge on any atom is -0.379 e. The Morgan fingerprint density at radius 2 is 2.14 bits per heavy atom. The SMILES string of the molecule is COC(C)(C)CCC1CCCCC1=O. The van der Waals surface area contributed by atoms with Crippen molar-refractivity contribution in [2.75, 3.05) is 7.11 Å². The van der Waals surface area contributed by atoms with Crippen LogP contribution in [0.1, 0.15) is 52.4 Å². The summed E-state index contributed by atoms with van der Waals surface area (Å²) < 4.78 is 5.35. The van der Waals surface area contributed by atoms with Gasteiger partial charge in [-0.1, -0.05) is 6.42 Å². The van der Waals surface area contributed by atoms with Crippen molar-refractivity contribution in [1.82, 2.24) is 0 Å². The van der Waals surface area contributed by atoms with E-state index in [0.29, 0.717) is 11.7 Å². The fraction of sp³-hybridized carbons (Fsp3) is 0.917. The Labute approximate surface area is 87.0 Å². The molecule has 0 aliphatic heterocycles. The van der Waals surface area contributed by atoms with E-state index in [0.717, 1.165) is 32.1 Å². The highest BCUT2D eigenvalue weighted by Gasteiger charge is 2.25. The molecule has 1 rings (SSSR count). The maximum Gasteiger partial charge on any atom is 0.135 e. The summed E-state index contributed by atoms with van der Waals surface area (Å²) in [6, 6.07) is 0. The van der Waals surface area contributed by atoms with Crippen LogP contribution in [-0.2, 0) is 9.53 Å². The molecule has 1 unspecified atom stereocenters. The molecule has 0 saturated heterocycles. The van der Waals surface area contributed by atoms with Gasteiger partial charge in [-0.3, -0.25) is 4.79 Å². The summed E-state index contributed by atoms with van der Waals surface area (Å²) in [6.07, 6.45) is 6.21. The van der Waals surface area contributed by atoms with E-state index in [1.165, 1.54) is 6.42 Å². The highest BCUT2D eigenvalue weighted by atomic mass is 16.5. The van der Waals surface area contributed by atoms with Gasteiger partial charge in [0.05, 0.1) is 5.60 Å². The van der Waals surface area contributed by atoms with Gasteiger partial charge in [-0.15, -0.1) is 0 Å². The van der Waals surface area contributed by atoms with Gasteiger partial charge >= 0.3 is 0 Å². The Bertz CT molecular complexity index is 196. The molecule has 0 amide bonds. The third-order valence-electron chi connectivity index (χ3n) is 3.33. The van der Waals surface area contributed by atoms with E-state index in [9.17, 15) is 4.79 Å². The van der Waals surface area contributed by atoms with Crippen LogP contribution in [0.2, 0.25) is 0 Å². The second-order valence-electron chi connectivity index (χ2n) is 4.91. The molecule has 1 aliphatic rings. The number of hydrogen-bond acceptors (Lipinski definition) is 2. The number of rotatable bonds is 4. The molecule has 0 heterocycles. The van der Waals surface area contributed by atoms with E-state index in [-0.39, 0.29) is 5.60 Å². The lowest BCUT2D eigenvalue weighted by atomic mass is 9.83. The molecular formula is C12H22O2. The van der Waals surface area contributed by atoms with Gasteiger partial charge in [0.15, 0.2) is 0 Å². The van der Waals surface area contributed by atoms with Crippen LogP contribution in [0.5, 0.6) is 0 Å². The molecule has 0 spiro atoms. The molecule has 1 fully saturated rings. The van der Waals surface area contributed by atoms with Crippen LogP contribution in [0.3, 0.4) is 0 Å². The molecule has 0 bridgehead atoms. The van der Waals surface area contributed by atoms with Gasteiger partial charge in [-0.25, -0.2) is 0 Å². The van der Waals surface area contributed by atoms with E-state index in [1.54, 1.807) is 7.11 Å². The van der Waals surface area contributed by atoms with Crippen molar-refractivity contribution in [2.45, 2.75) is 58.0 Å². The number of ether oxygens (including phenoxy) is 1. The lowest BCUT2D eigenvalue weighted by molar-refractivity contribution is -0.125. The fourth-order valence-corrected chi connectivity index (χ4v) is 1.98. The highest BCUT2D eigenvalue weighted by Crippen LogP contribution is 2.27. The van der Waals surface area contributed by atoms with Crippen LogP contribution in [0.25, 0.3) is 0 Å². The molecule has 0 aromatic rings. The van der Waals surface area contributed by atoms with Crippen LogP contribution in [0.15, 0.2) is 0 Å². The molecule has 0 aromatic carbocycles. The summed E-state index contributed by atoms with van der Waals surface area (Å²) in [5.41, 5.74) is -0.0717. The molecule has 14 heavy (non-hydrogen) atoms. The van der Waals surface area contributed by atoms with Crippen LogP contribution in [-0.4, -0.2) is 18.5 Å². The Balaban J connectivity index is 2.33. The zero-order valence-electron chi connectivity index (χ0n) is 9.64. The van der Waals surface area contributed by atoms with Crippen molar-refractivity contribution >= 4 is 5.78 Å². The van der Waals surface area contributed by atoms with E-state index < -0.39 is 0 Å². The molecule has 0 N–H and O–H groups in total. The molecule has 82 valence electrons. The Morgan fingerprint density at radius 1 is 1.43 bits per heavy atom.